The fourth-order valence-corrected chi connectivity index (χ4v) is 3.52. The summed E-state index contributed by atoms with van der Waals surface area (Å²) in [4.78, 5) is 18.9. The van der Waals surface area contributed by atoms with Gasteiger partial charge in [0.1, 0.15) is 18.1 Å². The molecular formula is C25H20F3N3O4. The molecule has 0 saturated carbocycles. The lowest BCUT2D eigenvalue weighted by atomic mass is 10.00. The van der Waals surface area contributed by atoms with E-state index < -0.39 is 24.3 Å². The molecule has 10 heteroatoms. The molecule has 2 aromatic heterocycles. The van der Waals surface area contributed by atoms with Gasteiger partial charge >= 0.3 is 12.1 Å². The summed E-state index contributed by atoms with van der Waals surface area (Å²) in [6.45, 7) is 0. The molecule has 0 fully saturated rings. The lowest BCUT2D eigenvalue weighted by Gasteiger charge is -2.23. The number of rotatable bonds is 8. The number of furan rings is 1. The van der Waals surface area contributed by atoms with E-state index in [1.54, 1.807) is 42.5 Å². The molecule has 180 valence electrons. The normalized spacial score (nSPS) is 13.3. The molecule has 3 N–H and O–H groups in total. The van der Waals surface area contributed by atoms with Crippen LogP contribution in [-0.4, -0.2) is 33.3 Å². The number of nitrogens with zero attached hydrogens (tertiary/aromatic N) is 2. The van der Waals surface area contributed by atoms with E-state index in [-0.39, 0.29) is 29.2 Å². The van der Waals surface area contributed by atoms with Crippen molar-refractivity contribution in [1.82, 2.24) is 9.97 Å². The minimum absolute atomic E-state index is 0.116. The van der Waals surface area contributed by atoms with Gasteiger partial charge in [-0.25, -0.2) is 9.97 Å². The highest BCUT2D eigenvalue weighted by Gasteiger charge is 2.44. The lowest BCUT2D eigenvalue weighted by Crippen LogP contribution is -2.32. The highest BCUT2D eigenvalue weighted by Crippen LogP contribution is 2.41. The maximum absolute atomic E-state index is 14.1. The number of alkyl halides is 3. The van der Waals surface area contributed by atoms with Gasteiger partial charge in [0.05, 0.1) is 12.0 Å². The zero-order valence-corrected chi connectivity index (χ0v) is 18.1. The summed E-state index contributed by atoms with van der Waals surface area (Å²) in [5.41, 5.74) is 7.31. The first-order valence-corrected chi connectivity index (χ1v) is 10.5. The topological polar surface area (TPSA) is 111 Å². The number of hydrogen-bond donors (Lipinski definition) is 2. The van der Waals surface area contributed by atoms with Crippen molar-refractivity contribution in [2.75, 3.05) is 0 Å². The van der Waals surface area contributed by atoms with Gasteiger partial charge in [0.2, 0.25) is 12.0 Å². The molecule has 0 aliphatic carbocycles. The van der Waals surface area contributed by atoms with Crippen molar-refractivity contribution in [1.29, 1.82) is 0 Å². The van der Waals surface area contributed by atoms with Gasteiger partial charge < -0.3 is 20.0 Å². The van der Waals surface area contributed by atoms with E-state index in [2.05, 4.69) is 9.97 Å². The molecule has 0 bridgehead atoms. The largest absolute Gasteiger partial charge is 0.480 e. The van der Waals surface area contributed by atoms with Crippen LogP contribution in [0.1, 0.15) is 17.2 Å². The monoisotopic (exact) mass is 483 g/mol. The number of hydrogen-bond acceptors (Lipinski definition) is 6. The van der Waals surface area contributed by atoms with Gasteiger partial charge in [-0.15, -0.1) is 0 Å². The lowest BCUT2D eigenvalue weighted by molar-refractivity contribution is -0.198. The van der Waals surface area contributed by atoms with Crippen LogP contribution in [0.15, 0.2) is 83.7 Å². The first kappa shape index (κ1) is 24.0. The van der Waals surface area contributed by atoms with Crippen molar-refractivity contribution in [2.24, 2.45) is 5.73 Å². The second-order valence-electron chi connectivity index (χ2n) is 7.69. The van der Waals surface area contributed by atoms with E-state index in [1.165, 1.54) is 30.5 Å². The van der Waals surface area contributed by atoms with Crippen LogP contribution >= 0.6 is 0 Å². The highest BCUT2D eigenvalue weighted by atomic mass is 19.4. The molecule has 4 aromatic rings. The minimum atomic E-state index is -4.74. The summed E-state index contributed by atoms with van der Waals surface area (Å²) >= 11 is 0. The maximum Gasteiger partial charge on any atom is 0.429 e. The van der Waals surface area contributed by atoms with Gasteiger partial charge in [-0.1, -0.05) is 48.5 Å². The van der Waals surface area contributed by atoms with E-state index >= 15 is 0 Å². The average molecular weight is 483 g/mol. The zero-order chi connectivity index (χ0) is 25.0. The van der Waals surface area contributed by atoms with Gasteiger partial charge in [-0.3, -0.25) is 4.79 Å². The second-order valence-corrected chi connectivity index (χ2v) is 7.69. The maximum atomic E-state index is 14.1. The Morgan fingerprint density at radius 3 is 2.46 bits per heavy atom. The zero-order valence-electron chi connectivity index (χ0n) is 18.1. The van der Waals surface area contributed by atoms with Gasteiger partial charge in [-0.05, 0) is 24.1 Å². The average Bonchev–Trinajstić information content (AvgIpc) is 3.37. The third-order valence-corrected chi connectivity index (χ3v) is 5.23. The summed E-state index contributed by atoms with van der Waals surface area (Å²) < 4.78 is 52.9. The van der Waals surface area contributed by atoms with Gasteiger partial charge in [-0.2, -0.15) is 13.2 Å². The predicted octanol–water partition coefficient (Wildman–Crippen LogP) is 5.04. The molecule has 0 aliphatic heterocycles. The van der Waals surface area contributed by atoms with Crippen molar-refractivity contribution in [3.05, 3.63) is 90.4 Å². The summed E-state index contributed by atoms with van der Waals surface area (Å²) in [6.07, 6.45) is -4.40. The highest BCUT2D eigenvalue weighted by molar-refractivity contribution is 5.73. The Hall–Kier alpha value is -4.18. The van der Waals surface area contributed by atoms with Crippen molar-refractivity contribution in [3.8, 4) is 28.5 Å². The first-order chi connectivity index (χ1) is 16.7. The van der Waals surface area contributed by atoms with Crippen LogP contribution in [0, 0.1) is 0 Å². The van der Waals surface area contributed by atoms with E-state index in [9.17, 15) is 18.0 Å². The summed E-state index contributed by atoms with van der Waals surface area (Å²) in [6, 6.07) is 16.1. The van der Waals surface area contributed by atoms with Crippen LogP contribution < -0.4 is 10.5 Å². The minimum Gasteiger partial charge on any atom is -0.480 e. The Balaban J connectivity index is 1.61. The number of ether oxygens (including phenoxy) is 1. The summed E-state index contributed by atoms with van der Waals surface area (Å²) in [7, 11) is 0. The molecule has 4 rings (SSSR count). The Kier molecular flexibility index (Phi) is 6.83. The van der Waals surface area contributed by atoms with Crippen LogP contribution in [0.3, 0.4) is 0 Å². The van der Waals surface area contributed by atoms with E-state index in [4.69, 9.17) is 20.0 Å². The van der Waals surface area contributed by atoms with Crippen molar-refractivity contribution in [2.45, 2.75) is 24.7 Å². The van der Waals surface area contributed by atoms with Gasteiger partial charge in [0.25, 0.3) is 0 Å². The number of carboxylic acids is 1. The van der Waals surface area contributed by atoms with Crippen LogP contribution in [0.4, 0.5) is 13.2 Å². The van der Waals surface area contributed by atoms with E-state index in [0.717, 1.165) is 6.33 Å². The molecule has 2 heterocycles. The molecule has 35 heavy (non-hydrogen) atoms. The third kappa shape index (κ3) is 5.67. The van der Waals surface area contributed by atoms with Crippen LogP contribution in [0.25, 0.3) is 22.6 Å². The van der Waals surface area contributed by atoms with Crippen LogP contribution in [0.5, 0.6) is 5.88 Å². The molecule has 0 radical (unpaired) electrons. The SMILES string of the molecule is NC(Cc1ccc(-c2cc(OC(c3ccccc3-c3ccco3)C(F)(F)F)ncn2)cc1)C(=O)O. The fraction of sp³-hybridized carbons (Fsp3) is 0.160. The Morgan fingerprint density at radius 1 is 1.06 bits per heavy atom. The molecule has 0 amide bonds. The molecular weight excluding hydrogens is 463 g/mol. The Labute approximate surface area is 198 Å². The predicted molar refractivity (Wildman–Crippen MR) is 120 cm³/mol. The number of carbonyl (C=O) groups is 1. The summed E-state index contributed by atoms with van der Waals surface area (Å²) in [5, 5.41) is 8.95. The van der Waals surface area contributed by atoms with Crippen molar-refractivity contribution < 1.29 is 32.2 Å². The molecule has 0 spiro atoms. The quantitative estimate of drug-likeness (QED) is 0.361. The van der Waals surface area contributed by atoms with Crippen LogP contribution in [0.2, 0.25) is 0 Å². The summed E-state index contributed by atoms with van der Waals surface area (Å²) in [5.74, 6) is -1.09. The molecule has 7 nitrogen and oxygen atoms in total. The standard InChI is InChI=1S/C25H20F3N3O4/c26-25(27,28)23(18-5-2-1-4-17(18)21-6-3-11-34-21)35-22-13-20(30-14-31-22)16-9-7-15(8-10-16)12-19(29)24(32)33/h1-11,13-14,19,23H,12,29H2,(H,32,33). The molecule has 0 saturated heterocycles. The Morgan fingerprint density at radius 2 is 1.80 bits per heavy atom. The van der Waals surface area contributed by atoms with E-state index in [0.29, 0.717) is 16.8 Å². The molecule has 2 atom stereocenters. The first-order valence-electron chi connectivity index (χ1n) is 10.5. The molecule has 2 aromatic carbocycles. The smallest absolute Gasteiger partial charge is 0.429 e. The second kappa shape index (κ2) is 9.98. The number of nitrogens with two attached hydrogens (primary N) is 1. The number of benzene rings is 2. The molecule has 0 aliphatic rings. The van der Waals surface area contributed by atoms with Crippen molar-refractivity contribution >= 4 is 5.97 Å². The van der Waals surface area contributed by atoms with Gasteiger partial charge in [0.15, 0.2) is 0 Å². The van der Waals surface area contributed by atoms with Gasteiger partial charge in [0, 0.05) is 22.8 Å². The number of halogens is 3. The third-order valence-electron chi connectivity index (χ3n) is 5.23. The van der Waals surface area contributed by atoms with Crippen LogP contribution in [-0.2, 0) is 11.2 Å². The number of aliphatic carboxylic acids is 1. The van der Waals surface area contributed by atoms with E-state index in [1.807, 2.05) is 0 Å². The fourth-order valence-electron chi connectivity index (χ4n) is 3.52. The number of aromatic nitrogens is 2. The number of carboxylic acid groups (broad SMARTS) is 1. The van der Waals surface area contributed by atoms with Crippen molar-refractivity contribution in [3.63, 3.8) is 0 Å². The molecule has 2 unspecified atom stereocenters. The Bertz CT molecular complexity index is 1290.